The van der Waals surface area contributed by atoms with Crippen molar-refractivity contribution in [2.75, 3.05) is 0 Å². The smallest absolute Gasteiger partial charge is 0.356 e. The highest BCUT2D eigenvalue weighted by Crippen LogP contribution is 2.45. The summed E-state index contributed by atoms with van der Waals surface area (Å²) < 4.78 is 5.47. The fourth-order valence-corrected chi connectivity index (χ4v) is 2.72. The predicted molar refractivity (Wildman–Crippen MR) is 62.2 cm³/mol. The van der Waals surface area contributed by atoms with Gasteiger partial charge in [0.15, 0.2) is 0 Å². The first-order valence-electron chi connectivity index (χ1n) is 6.07. The number of rotatable bonds is 2. The van der Waals surface area contributed by atoms with Crippen LogP contribution < -0.4 is 0 Å². The van der Waals surface area contributed by atoms with E-state index in [1.807, 2.05) is 0 Å². The lowest BCUT2D eigenvalue weighted by Crippen LogP contribution is -2.36. The van der Waals surface area contributed by atoms with Crippen molar-refractivity contribution in [1.29, 1.82) is 0 Å². The molecule has 0 aromatic carbocycles. The maximum Gasteiger partial charge on any atom is 0.356 e. The van der Waals surface area contributed by atoms with Gasteiger partial charge in [-0.1, -0.05) is 17.7 Å². The van der Waals surface area contributed by atoms with Crippen molar-refractivity contribution in [2.24, 2.45) is 11.8 Å². The van der Waals surface area contributed by atoms with E-state index in [4.69, 9.17) is 9.57 Å². The summed E-state index contributed by atoms with van der Waals surface area (Å²) in [5.74, 6) is -2.82. The van der Waals surface area contributed by atoms with Crippen molar-refractivity contribution in [1.82, 2.24) is 5.06 Å². The van der Waals surface area contributed by atoms with Gasteiger partial charge in [-0.15, -0.1) is 5.06 Å². The monoisotopic (exact) mass is 263 g/mol. The van der Waals surface area contributed by atoms with Gasteiger partial charge in [-0.2, -0.15) is 0 Å². The number of amides is 2. The van der Waals surface area contributed by atoms with Gasteiger partial charge in [0, 0.05) is 6.08 Å². The van der Waals surface area contributed by atoms with E-state index >= 15 is 0 Å². The lowest BCUT2D eigenvalue weighted by molar-refractivity contribution is -0.196. The second kappa shape index (κ2) is 4.03. The summed E-state index contributed by atoms with van der Waals surface area (Å²) in [6.07, 6.45) is 4.03. The SMILES string of the molecule is CC(C)=CC(=O)ON1C(=O)[C@@H]2[C@H](C1=O)[C@H]1C=C[C@@H]2O1. The summed E-state index contributed by atoms with van der Waals surface area (Å²) in [5, 5.41) is 0.590. The lowest BCUT2D eigenvalue weighted by Gasteiger charge is -2.15. The van der Waals surface area contributed by atoms with Crippen molar-refractivity contribution in [3.63, 3.8) is 0 Å². The minimum absolute atomic E-state index is 0.376. The van der Waals surface area contributed by atoms with Crippen molar-refractivity contribution in [3.8, 4) is 0 Å². The Labute approximate surface area is 109 Å². The van der Waals surface area contributed by atoms with Crippen LogP contribution >= 0.6 is 0 Å². The number of fused-ring (bicyclic) bond motifs is 5. The van der Waals surface area contributed by atoms with Gasteiger partial charge in [-0.3, -0.25) is 9.59 Å². The second-order valence-corrected chi connectivity index (χ2v) is 5.10. The predicted octanol–water partition coefficient (Wildman–Crippen LogP) is 0.349. The molecule has 0 spiro atoms. The molecule has 0 radical (unpaired) electrons. The van der Waals surface area contributed by atoms with Crippen molar-refractivity contribution in [2.45, 2.75) is 26.1 Å². The summed E-state index contributed by atoms with van der Waals surface area (Å²) in [6.45, 7) is 3.45. The van der Waals surface area contributed by atoms with Crippen LogP contribution in [-0.4, -0.2) is 35.1 Å². The molecule has 100 valence electrons. The van der Waals surface area contributed by atoms with Gasteiger partial charge in [0.2, 0.25) is 0 Å². The molecule has 0 aromatic rings. The van der Waals surface area contributed by atoms with E-state index in [1.165, 1.54) is 6.08 Å². The molecule has 0 N–H and O–H groups in total. The van der Waals surface area contributed by atoms with Crippen LogP contribution in [-0.2, 0) is 24.0 Å². The van der Waals surface area contributed by atoms with E-state index in [0.717, 1.165) is 5.57 Å². The highest BCUT2D eigenvalue weighted by molar-refractivity contribution is 6.06. The molecule has 0 aliphatic carbocycles. The number of hydroxylamine groups is 2. The molecule has 6 heteroatoms. The molecule has 0 saturated carbocycles. The van der Waals surface area contributed by atoms with Crippen LogP contribution in [0.4, 0.5) is 0 Å². The Kier molecular flexibility index (Phi) is 2.56. The van der Waals surface area contributed by atoms with Crippen LogP contribution in [0, 0.1) is 11.8 Å². The van der Waals surface area contributed by atoms with E-state index < -0.39 is 29.6 Å². The first kappa shape index (κ1) is 12.1. The summed E-state index contributed by atoms with van der Waals surface area (Å²) >= 11 is 0. The average molecular weight is 263 g/mol. The molecule has 3 aliphatic rings. The van der Waals surface area contributed by atoms with E-state index in [0.29, 0.717) is 5.06 Å². The molecule has 2 fully saturated rings. The molecule has 6 nitrogen and oxygen atoms in total. The molecule has 3 rings (SSSR count). The Morgan fingerprint density at radius 1 is 1.21 bits per heavy atom. The van der Waals surface area contributed by atoms with Crippen LogP contribution in [0.2, 0.25) is 0 Å². The maximum absolute atomic E-state index is 12.1. The van der Waals surface area contributed by atoms with Crippen LogP contribution in [0.15, 0.2) is 23.8 Å². The molecule has 3 heterocycles. The Balaban J connectivity index is 1.79. The summed E-state index contributed by atoms with van der Waals surface area (Å²) in [6, 6.07) is 0. The molecule has 2 saturated heterocycles. The molecule has 0 unspecified atom stereocenters. The molecule has 2 amide bonds. The van der Waals surface area contributed by atoms with Gasteiger partial charge in [0.1, 0.15) is 0 Å². The van der Waals surface area contributed by atoms with Gasteiger partial charge in [-0.05, 0) is 13.8 Å². The quantitative estimate of drug-likeness (QED) is 0.408. The molecular formula is C13H13NO5. The average Bonchev–Trinajstić information content (AvgIpc) is 2.97. The summed E-state index contributed by atoms with van der Waals surface area (Å²) in [7, 11) is 0. The van der Waals surface area contributed by atoms with Crippen molar-refractivity contribution >= 4 is 17.8 Å². The van der Waals surface area contributed by atoms with Crippen LogP contribution in [0.1, 0.15) is 13.8 Å². The topological polar surface area (TPSA) is 72.9 Å². The standard InChI is InChI=1S/C13H13NO5/c1-6(2)5-9(15)19-14-12(16)10-7-3-4-8(18-7)11(10)13(14)17/h3-5,7-8,10-11H,1-2H3/t7-,8+,10-,11+. The van der Waals surface area contributed by atoms with Crippen molar-refractivity contribution < 1.29 is 24.0 Å². The maximum atomic E-state index is 12.1. The molecule has 19 heavy (non-hydrogen) atoms. The number of ether oxygens (including phenoxy) is 1. The number of hydrogen-bond acceptors (Lipinski definition) is 5. The zero-order valence-electron chi connectivity index (χ0n) is 10.5. The number of carbonyl (C=O) groups excluding carboxylic acids is 3. The van der Waals surface area contributed by atoms with Gasteiger partial charge >= 0.3 is 5.97 Å². The van der Waals surface area contributed by atoms with Gasteiger partial charge < -0.3 is 9.57 Å². The largest absolute Gasteiger partial charge is 0.365 e. The van der Waals surface area contributed by atoms with E-state index in [9.17, 15) is 14.4 Å². The van der Waals surface area contributed by atoms with E-state index in [1.54, 1.807) is 26.0 Å². The highest BCUT2D eigenvalue weighted by atomic mass is 16.7. The van der Waals surface area contributed by atoms with E-state index in [-0.39, 0.29) is 12.2 Å². The van der Waals surface area contributed by atoms with Crippen LogP contribution in [0.3, 0.4) is 0 Å². The Morgan fingerprint density at radius 3 is 2.21 bits per heavy atom. The Bertz CT molecular complexity index is 501. The fourth-order valence-electron chi connectivity index (χ4n) is 2.72. The minimum atomic E-state index is -0.720. The zero-order valence-corrected chi connectivity index (χ0v) is 10.5. The number of allylic oxidation sites excluding steroid dienone is 1. The van der Waals surface area contributed by atoms with Gasteiger partial charge in [0.25, 0.3) is 11.8 Å². The third-order valence-electron chi connectivity index (χ3n) is 3.46. The van der Waals surface area contributed by atoms with Gasteiger partial charge in [0.05, 0.1) is 24.0 Å². The molecule has 0 aromatic heterocycles. The molecule has 2 bridgehead atoms. The van der Waals surface area contributed by atoms with Crippen molar-refractivity contribution in [3.05, 3.63) is 23.8 Å². The highest BCUT2D eigenvalue weighted by Gasteiger charge is 2.62. The fraction of sp³-hybridized carbons (Fsp3) is 0.462. The first-order valence-corrected chi connectivity index (χ1v) is 6.07. The van der Waals surface area contributed by atoms with E-state index in [2.05, 4.69) is 0 Å². The number of nitrogens with zero attached hydrogens (tertiary/aromatic N) is 1. The van der Waals surface area contributed by atoms with Gasteiger partial charge in [-0.25, -0.2) is 4.79 Å². The summed E-state index contributed by atoms with van der Waals surface area (Å²) in [4.78, 5) is 40.6. The zero-order chi connectivity index (χ0) is 13.7. The third kappa shape index (κ3) is 1.71. The Hall–Kier alpha value is -1.95. The van der Waals surface area contributed by atoms with Crippen LogP contribution in [0.5, 0.6) is 0 Å². The molecule has 3 aliphatic heterocycles. The lowest BCUT2D eigenvalue weighted by atomic mass is 9.85. The number of hydrogen-bond donors (Lipinski definition) is 0. The first-order chi connectivity index (χ1) is 8.99. The number of imide groups is 1. The summed E-state index contributed by atoms with van der Waals surface area (Å²) in [5.41, 5.74) is 0.731. The normalized spacial score (nSPS) is 34.7. The minimum Gasteiger partial charge on any atom is -0.365 e. The third-order valence-corrected chi connectivity index (χ3v) is 3.46. The second-order valence-electron chi connectivity index (χ2n) is 5.10. The molecule has 4 atom stereocenters. The number of carbonyl (C=O) groups is 3. The Morgan fingerprint density at radius 2 is 1.74 bits per heavy atom. The van der Waals surface area contributed by atoms with Crippen LogP contribution in [0.25, 0.3) is 0 Å². The molecular weight excluding hydrogens is 250 g/mol.